The molecule has 4 rings (SSSR count). The molecule has 136 valence electrons. The van der Waals surface area contributed by atoms with Crippen molar-refractivity contribution in [3.8, 4) is 0 Å². The topological polar surface area (TPSA) is 66.7 Å². The molecule has 2 fully saturated rings. The lowest BCUT2D eigenvalue weighted by Crippen LogP contribution is -2.47. The van der Waals surface area contributed by atoms with Gasteiger partial charge in [-0.1, -0.05) is 5.16 Å². The third-order valence-electron chi connectivity index (χ3n) is 5.80. The van der Waals surface area contributed by atoms with Crippen LogP contribution in [0.2, 0.25) is 0 Å². The molecule has 1 atom stereocenters. The number of alkyl halides is 1. The smallest absolute Gasteiger partial charge is 0.292 e. The van der Waals surface area contributed by atoms with E-state index < -0.39 is 6.67 Å². The van der Waals surface area contributed by atoms with E-state index in [1.165, 1.54) is 0 Å². The van der Waals surface area contributed by atoms with Crippen LogP contribution >= 0.6 is 0 Å². The van der Waals surface area contributed by atoms with Crippen molar-refractivity contribution in [2.24, 2.45) is 5.92 Å². The van der Waals surface area contributed by atoms with E-state index in [2.05, 4.69) is 5.16 Å². The number of carbonyl (C=O) groups is 2. The molecular weight excluding hydrogens is 325 g/mol. The molecule has 0 N–H and O–H groups in total. The van der Waals surface area contributed by atoms with E-state index >= 15 is 0 Å². The van der Waals surface area contributed by atoms with Crippen molar-refractivity contribution in [3.05, 3.63) is 17.0 Å². The van der Waals surface area contributed by atoms with Gasteiger partial charge < -0.3 is 14.3 Å². The third kappa shape index (κ3) is 3.04. The number of piperidine rings is 1. The van der Waals surface area contributed by atoms with Crippen molar-refractivity contribution in [1.29, 1.82) is 0 Å². The minimum Gasteiger partial charge on any atom is -0.350 e. The van der Waals surface area contributed by atoms with Gasteiger partial charge in [0.25, 0.3) is 5.91 Å². The fourth-order valence-electron chi connectivity index (χ4n) is 4.35. The van der Waals surface area contributed by atoms with Gasteiger partial charge in [0.05, 0.1) is 12.4 Å². The van der Waals surface area contributed by atoms with Crippen molar-refractivity contribution in [3.63, 3.8) is 0 Å². The minimum atomic E-state index is -0.434. The van der Waals surface area contributed by atoms with E-state index in [0.29, 0.717) is 31.8 Å². The highest BCUT2D eigenvalue weighted by Gasteiger charge is 2.37. The summed E-state index contributed by atoms with van der Waals surface area (Å²) < 4.78 is 18.2. The van der Waals surface area contributed by atoms with Crippen LogP contribution in [0.3, 0.4) is 0 Å². The lowest BCUT2D eigenvalue weighted by molar-refractivity contribution is -0.130. The Morgan fingerprint density at radius 1 is 1.24 bits per heavy atom. The van der Waals surface area contributed by atoms with Gasteiger partial charge in [0.2, 0.25) is 11.7 Å². The lowest BCUT2D eigenvalue weighted by atomic mass is 9.95. The Balaban J connectivity index is 1.38. The summed E-state index contributed by atoms with van der Waals surface area (Å²) in [5, 5.41) is 4.07. The Labute approximate surface area is 146 Å². The van der Waals surface area contributed by atoms with Crippen molar-refractivity contribution in [2.75, 3.05) is 26.3 Å². The quantitative estimate of drug-likeness (QED) is 0.837. The van der Waals surface area contributed by atoms with Crippen LogP contribution in [0.1, 0.15) is 53.9 Å². The van der Waals surface area contributed by atoms with Gasteiger partial charge in [-0.15, -0.1) is 0 Å². The molecule has 0 aromatic carbocycles. The van der Waals surface area contributed by atoms with Gasteiger partial charge in [-0.3, -0.25) is 14.0 Å². The van der Waals surface area contributed by atoms with Gasteiger partial charge in [-0.05, 0) is 38.5 Å². The van der Waals surface area contributed by atoms with Gasteiger partial charge in [0.15, 0.2) is 0 Å². The number of aryl methyl sites for hydroxylation is 1. The molecule has 0 radical (unpaired) electrons. The van der Waals surface area contributed by atoms with E-state index in [-0.39, 0.29) is 23.8 Å². The normalized spacial score (nSPS) is 24.7. The van der Waals surface area contributed by atoms with Crippen molar-refractivity contribution in [1.82, 2.24) is 15.0 Å². The molecule has 0 bridgehead atoms. The molecule has 1 aromatic heterocycles. The summed E-state index contributed by atoms with van der Waals surface area (Å²) in [5.41, 5.74) is 1.92. The summed E-state index contributed by atoms with van der Waals surface area (Å²) in [6.45, 7) is 1.28. The van der Waals surface area contributed by atoms with Crippen molar-refractivity contribution < 1.29 is 18.5 Å². The number of amides is 2. The number of rotatable bonds is 3. The molecule has 0 spiro atoms. The highest BCUT2D eigenvalue weighted by atomic mass is 19.1. The average Bonchev–Trinajstić information content (AvgIpc) is 3.24. The molecule has 1 aliphatic carbocycles. The van der Waals surface area contributed by atoms with Crippen LogP contribution in [0.15, 0.2) is 4.52 Å². The zero-order valence-electron chi connectivity index (χ0n) is 14.4. The number of hydrogen-bond donors (Lipinski definition) is 0. The first-order valence-electron chi connectivity index (χ1n) is 9.29. The first kappa shape index (κ1) is 16.5. The standard InChI is InChI=1S/C18H24FN3O3/c19-10-12-9-16(23)22(11-12)13-5-7-21(8-6-13)18(24)17-14-3-1-2-4-15(14)20-25-17/h12-13H,1-11H2. The molecule has 6 nitrogen and oxygen atoms in total. The molecule has 2 aliphatic heterocycles. The fraction of sp³-hybridized carbons (Fsp3) is 0.722. The second-order valence-corrected chi connectivity index (χ2v) is 7.44. The molecule has 25 heavy (non-hydrogen) atoms. The van der Waals surface area contributed by atoms with E-state index in [1.807, 2.05) is 4.90 Å². The predicted molar refractivity (Wildman–Crippen MR) is 87.9 cm³/mol. The van der Waals surface area contributed by atoms with E-state index in [1.54, 1.807) is 4.90 Å². The molecule has 3 aliphatic rings. The molecular formula is C18H24FN3O3. The lowest BCUT2D eigenvalue weighted by Gasteiger charge is -2.36. The maximum Gasteiger partial charge on any atom is 0.292 e. The fourth-order valence-corrected chi connectivity index (χ4v) is 4.35. The number of halogens is 1. The molecule has 0 saturated carbocycles. The van der Waals surface area contributed by atoms with Gasteiger partial charge in [-0.2, -0.15) is 0 Å². The van der Waals surface area contributed by atoms with Gasteiger partial charge in [0, 0.05) is 43.6 Å². The summed E-state index contributed by atoms with van der Waals surface area (Å²) in [6.07, 6.45) is 5.73. The summed E-state index contributed by atoms with van der Waals surface area (Å²) in [4.78, 5) is 28.5. The van der Waals surface area contributed by atoms with Crippen LogP contribution in [0, 0.1) is 5.92 Å². The monoisotopic (exact) mass is 349 g/mol. The Morgan fingerprint density at radius 3 is 2.72 bits per heavy atom. The zero-order chi connectivity index (χ0) is 17.4. The van der Waals surface area contributed by atoms with E-state index in [4.69, 9.17) is 4.52 Å². The first-order chi connectivity index (χ1) is 12.2. The second-order valence-electron chi connectivity index (χ2n) is 7.44. The van der Waals surface area contributed by atoms with Crippen LogP contribution < -0.4 is 0 Å². The molecule has 2 saturated heterocycles. The number of hydrogen-bond acceptors (Lipinski definition) is 4. The Kier molecular flexibility index (Phi) is 4.48. The SMILES string of the molecule is O=C(c1onc2c1CCCC2)N1CCC(N2CC(CF)CC2=O)CC1. The van der Waals surface area contributed by atoms with Crippen LogP contribution in [-0.2, 0) is 17.6 Å². The van der Waals surface area contributed by atoms with Crippen LogP contribution in [-0.4, -0.2) is 59.1 Å². The molecule has 3 heterocycles. The summed E-state index contributed by atoms with van der Waals surface area (Å²) >= 11 is 0. The zero-order valence-corrected chi connectivity index (χ0v) is 14.4. The Hall–Kier alpha value is -1.92. The minimum absolute atomic E-state index is 0.0525. The average molecular weight is 349 g/mol. The van der Waals surface area contributed by atoms with Gasteiger partial charge in [-0.25, -0.2) is 0 Å². The van der Waals surface area contributed by atoms with Crippen LogP contribution in [0.4, 0.5) is 4.39 Å². The first-order valence-corrected chi connectivity index (χ1v) is 9.29. The van der Waals surface area contributed by atoms with Gasteiger partial charge >= 0.3 is 0 Å². The summed E-state index contributed by atoms with van der Waals surface area (Å²) in [7, 11) is 0. The largest absolute Gasteiger partial charge is 0.350 e. The van der Waals surface area contributed by atoms with Gasteiger partial charge in [0.1, 0.15) is 0 Å². The predicted octanol–water partition coefficient (Wildman–Crippen LogP) is 1.98. The number of fused-ring (bicyclic) bond motifs is 1. The van der Waals surface area contributed by atoms with Crippen molar-refractivity contribution >= 4 is 11.8 Å². The molecule has 1 aromatic rings. The number of carbonyl (C=O) groups excluding carboxylic acids is 2. The van der Waals surface area contributed by atoms with E-state index in [0.717, 1.165) is 49.8 Å². The molecule has 7 heteroatoms. The Morgan fingerprint density at radius 2 is 2.00 bits per heavy atom. The highest BCUT2D eigenvalue weighted by Crippen LogP contribution is 2.28. The number of aromatic nitrogens is 1. The third-order valence-corrected chi connectivity index (χ3v) is 5.80. The molecule has 1 unspecified atom stereocenters. The van der Waals surface area contributed by atoms with Crippen LogP contribution in [0.5, 0.6) is 0 Å². The maximum atomic E-state index is 12.8. The van der Waals surface area contributed by atoms with E-state index in [9.17, 15) is 14.0 Å². The van der Waals surface area contributed by atoms with Crippen LogP contribution in [0.25, 0.3) is 0 Å². The molecule has 2 amide bonds. The van der Waals surface area contributed by atoms with Crippen molar-refractivity contribution in [2.45, 2.75) is 51.0 Å². The summed E-state index contributed by atoms with van der Waals surface area (Å²) in [6, 6.07) is 0.122. The number of likely N-dealkylation sites (tertiary alicyclic amines) is 2. The Bertz CT molecular complexity index is 667. The highest BCUT2D eigenvalue weighted by molar-refractivity contribution is 5.93. The maximum absolute atomic E-state index is 12.8. The number of nitrogens with zero attached hydrogens (tertiary/aromatic N) is 3. The summed E-state index contributed by atoms with van der Waals surface area (Å²) in [5.74, 6) is 0.219. The second kappa shape index (κ2) is 6.77.